The molecule has 1 saturated carbocycles. The molecule has 0 aromatic carbocycles. The number of ether oxygens (including phenoxy) is 1. The molecule has 84 valence electrons. The molecule has 0 bridgehead atoms. The Morgan fingerprint density at radius 3 is 2.64 bits per heavy atom. The average molecular weight is 199 g/mol. The highest BCUT2D eigenvalue weighted by Gasteiger charge is 2.15. The second-order valence-electron chi connectivity index (χ2n) is 4.80. The molecular weight excluding hydrogens is 174 g/mol. The first-order valence-corrected chi connectivity index (χ1v) is 6.07. The predicted molar refractivity (Wildman–Crippen MR) is 60.5 cm³/mol. The normalized spacial score (nSPS) is 17.4. The molecule has 14 heavy (non-hydrogen) atoms. The fourth-order valence-corrected chi connectivity index (χ4v) is 1.57. The summed E-state index contributed by atoms with van der Waals surface area (Å²) in [6.07, 6.45) is 5.49. The largest absolute Gasteiger partial charge is 0.380 e. The Morgan fingerprint density at radius 1 is 1.29 bits per heavy atom. The Hall–Kier alpha value is -0.0800. The highest BCUT2D eigenvalue weighted by atomic mass is 16.5. The Morgan fingerprint density at radius 2 is 2.07 bits per heavy atom. The maximum Gasteiger partial charge on any atom is 0.0590 e. The SMILES string of the molecule is CC(C)CCOCCNCC1CCC1. The highest BCUT2D eigenvalue weighted by molar-refractivity contribution is 4.71. The van der Waals surface area contributed by atoms with Gasteiger partial charge in [-0.2, -0.15) is 0 Å². The van der Waals surface area contributed by atoms with Gasteiger partial charge in [0.25, 0.3) is 0 Å². The lowest BCUT2D eigenvalue weighted by Gasteiger charge is -2.25. The van der Waals surface area contributed by atoms with Crippen LogP contribution in [0.2, 0.25) is 0 Å². The molecule has 0 heterocycles. The number of nitrogens with one attached hydrogen (secondary N) is 1. The van der Waals surface area contributed by atoms with Gasteiger partial charge in [-0.3, -0.25) is 0 Å². The van der Waals surface area contributed by atoms with Gasteiger partial charge in [0.05, 0.1) is 6.61 Å². The Bertz CT molecular complexity index is 132. The third-order valence-corrected chi connectivity index (χ3v) is 2.92. The van der Waals surface area contributed by atoms with Crippen molar-refractivity contribution < 1.29 is 4.74 Å². The van der Waals surface area contributed by atoms with E-state index in [2.05, 4.69) is 19.2 Å². The van der Waals surface area contributed by atoms with E-state index in [1.807, 2.05) is 0 Å². The molecule has 2 heteroatoms. The van der Waals surface area contributed by atoms with E-state index in [0.29, 0.717) is 0 Å². The molecule has 0 unspecified atom stereocenters. The Balaban J connectivity index is 1.71. The molecule has 0 amide bonds. The van der Waals surface area contributed by atoms with Crippen LogP contribution in [0.3, 0.4) is 0 Å². The third-order valence-electron chi connectivity index (χ3n) is 2.92. The van der Waals surface area contributed by atoms with Gasteiger partial charge < -0.3 is 10.1 Å². The van der Waals surface area contributed by atoms with Gasteiger partial charge in [-0.1, -0.05) is 20.3 Å². The number of hydrogen-bond donors (Lipinski definition) is 1. The first-order chi connectivity index (χ1) is 6.79. The molecule has 0 aromatic heterocycles. The molecule has 0 spiro atoms. The Labute approximate surface area is 88.4 Å². The smallest absolute Gasteiger partial charge is 0.0590 e. The van der Waals surface area contributed by atoms with Crippen molar-refractivity contribution in [3.8, 4) is 0 Å². The molecule has 1 rings (SSSR count). The van der Waals surface area contributed by atoms with E-state index in [0.717, 1.165) is 31.6 Å². The van der Waals surface area contributed by atoms with Crippen molar-refractivity contribution in [3.05, 3.63) is 0 Å². The second-order valence-corrected chi connectivity index (χ2v) is 4.80. The fourth-order valence-electron chi connectivity index (χ4n) is 1.57. The summed E-state index contributed by atoms with van der Waals surface area (Å²) in [5.74, 6) is 1.73. The minimum atomic E-state index is 0.762. The summed E-state index contributed by atoms with van der Waals surface area (Å²) in [6.45, 7) is 8.49. The van der Waals surface area contributed by atoms with Crippen LogP contribution in [0.1, 0.15) is 39.5 Å². The van der Waals surface area contributed by atoms with Gasteiger partial charge in [0.1, 0.15) is 0 Å². The van der Waals surface area contributed by atoms with Crippen LogP contribution in [0.5, 0.6) is 0 Å². The molecule has 1 aliphatic carbocycles. The summed E-state index contributed by atoms with van der Waals surface area (Å²) in [7, 11) is 0. The van der Waals surface area contributed by atoms with Crippen molar-refractivity contribution in [1.29, 1.82) is 0 Å². The maximum absolute atomic E-state index is 5.52. The summed E-state index contributed by atoms with van der Waals surface area (Å²) in [4.78, 5) is 0. The van der Waals surface area contributed by atoms with Gasteiger partial charge >= 0.3 is 0 Å². The van der Waals surface area contributed by atoms with Crippen LogP contribution >= 0.6 is 0 Å². The van der Waals surface area contributed by atoms with Crippen molar-refractivity contribution in [3.63, 3.8) is 0 Å². The van der Waals surface area contributed by atoms with Gasteiger partial charge in [0.15, 0.2) is 0 Å². The van der Waals surface area contributed by atoms with Crippen LogP contribution in [0, 0.1) is 11.8 Å². The van der Waals surface area contributed by atoms with Crippen LogP contribution < -0.4 is 5.32 Å². The lowest BCUT2D eigenvalue weighted by atomic mass is 9.85. The van der Waals surface area contributed by atoms with E-state index in [-0.39, 0.29) is 0 Å². The molecule has 1 N–H and O–H groups in total. The van der Waals surface area contributed by atoms with Crippen molar-refractivity contribution >= 4 is 0 Å². The lowest BCUT2D eigenvalue weighted by molar-refractivity contribution is 0.123. The summed E-state index contributed by atoms with van der Waals surface area (Å²) in [5, 5.41) is 3.45. The lowest BCUT2D eigenvalue weighted by Crippen LogP contribution is -2.29. The van der Waals surface area contributed by atoms with Crippen LogP contribution in [-0.2, 0) is 4.74 Å². The predicted octanol–water partition coefficient (Wildman–Crippen LogP) is 2.44. The zero-order valence-corrected chi connectivity index (χ0v) is 9.72. The van der Waals surface area contributed by atoms with Gasteiger partial charge in [-0.25, -0.2) is 0 Å². The first-order valence-electron chi connectivity index (χ1n) is 6.07. The average Bonchev–Trinajstić information content (AvgIpc) is 2.06. The topological polar surface area (TPSA) is 21.3 Å². The number of hydrogen-bond acceptors (Lipinski definition) is 2. The molecular formula is C12H25NO. The summed E-state index contributed by atoms with van der Waals surface area (Å²) in [5.41, 5.74) is 0. The van der Waals surface area contributed by atoms with Crippen LogP contribution in [0.15, 0.2) is 0 Å². The quantitative estimate of drug-likeness (QED) is 0.606. The second kappa shape index (κ2) is 7.24. The molecule has 1 aliphatic rings. The van der Waals surface area contributed by atoms with Crippen LogP contribution in [-0.4, -0.2) is 26.3 Å². The first kappa shape index (κ1) is 12.0. The summed E-state index contributed by atoms with van der Waals surface area (Å²) >= 11 is 0. The zero-order valence-electron chi connectivity index (χ0n) is 9.72. The third kappa shape index (κ3) is 5.61. The van der Waals surface area contributed by atoms with Crippen molar-refractivity contribution in [1.82, 2.24) is 5.32 Å². The van der Waals surface area contributed by atoms with Crippen molar-refractivity contribution in [2.45, 2.75) is 39.5 Å². The van der Waals surface area contributed by atoms with Gasteiger partial charge in [-0.15, -0.1) is 0 Å². The summed E-state index contributed by atoms with van der Waals surface area (Å²) < 4.78 is 5.52. The van der Waals surface area contributed by atoms with E-state index in [9.17, 15) is 0 Å². The molecule has 1 fully saturated rings. The minimum Gasteiger partial charge on any atom is -0.380 e. The minimum absolute atomic E-state index is 0.762. The molecule has 2 nitrogen and oxygen atoms in total. The van der Waals surface area contributed by atoms with Gasteiger partial charge in [0.2, 0.25) is 0 Å². The Kier molecular flexibility index (Phi) is 6.20. The zero-order chi connectivity index (χ0) is 10.2. The molecule has 0 saturated heterocycles. The van der Waals surface area contributed by atoms with E-state index in [1.54, 1.807) is 0 Å². The van der Waals surface area contributed by atoms with Crippen LogP contribution in [0.4, 0.5) is 0 Å². The molecule has 0 radical (unpaired) electrons. The molecule has 0 aromatic rings. The fraction of sp³-hybridized carbons (Fsp3) is 1.00. The monoisotopic (exact) mass is 199 g/mol. The van der Waals surface area contributed by atoms with E-state index in [4.69, 9.17) is 4.74 Å². The summed E-state index contributed by atoms with van der Waals surface area (Å²) in [6, 6.07) is 0. The molecule has 0 atom stereocenters. The van der Waals surface area contributed by atoms with Crippen molar-refractivity contribution in [2.75, 3.05) is 26.3 Å². The van der Waals surface area contributed by atoms with Crippen LogP contribution in [0.25, 0.3) is 0 Å². The van der Waals surface area contributed by atoms with E-state index >= 15 is 0 Å². The van der Waals surface area contributed by atoms with Gasteiger partial charge in [-0.05, 0) is 37.6 Å². The van der Waals surface area contributed by atoms with E-state index in [1.165, 1.54) is 32.2 Å². The number of rotatable bonds is 8. The maximum atomic E-state index is 5.52. The van der Waals surface area contributed by atoms with Gasteiger partial charge in [0, 0.05) is 13.2 Å². The molecule has 0 aliphatic heterocycles. The standard InChI is InChI=1S/C12H25NO/c1-11(2)6-8-14-9-7-13-10-12-4-3-5-12/h11-13H,3-10H2,1-2H3. The van der Waals surface area contributed by atoms with Crippen molar-refractivity contribution in [2.24, 2.45) is 11.8 Å². The van der Waals surface area contributed by atoms with E-state index < -0.39 is 0 Å². The highest BCUT2D eigenvalue weighted by Crippen LogP contribution is 2.24.